The van der Waals surface area contributed by atoms with E-state index < -0.39 is 121 Å². The third-order valence-corrected chi connectivity index (χ3v) is 7.08. The number of hydrogen-bond donors (Lipinski definition) is 10. The number of ketones is 1. The van der Waals surface area contributed by atoms with Crippen LogP contribution >= 0.6 is 0 Å². The smallest absolute Gasteiger partial charge is 0.338 e. The zero-order chi connectivity index (χ0) is 32.5. The van der Waals surface area contributed by atoms with E-state index in [0.29, 0.717) is 0 Å². The quantitative estimate of drug-likeness (QED) is 0.0993. The Kier molecular flexibility index (Phi) is 10.1. The Hall–Kier alpha value is -3.78. The zero-order valence-electron chi connectivity index (χ0n) is 22.9. The number of Topliss-reactive ketones (excluding diaryl/α,β-unsaturated/α-hetero) is 1. The zero-order valence-corrected chi connectivity index (χ0v) is 22.9. The minimum Gasteiger partial charge on any atom is -0.504 e. The fourth-order valence-corrected chi connectivity index (χ4v) is 4.66. The number of esters is 1. The molecule has 10 N–H and O–H groups in total. The van der Waals surface area contributed by atoms with Gasteiger partial charge in [-0.3, -0.25) is 4.79 Å². The van der Waals surface area contributed by atoms with E-state index in [4.69, 9.17) is 23.7 Å². The first kappa shape index (κ1) is 33.1. The van der Waals surface area contributed by atoms with Crippen molar-refractivity contribution in [1.29, 1.82) is 0 Å². The average molecular weight is 629 g/mol. The van der Waals surface area contributed by atoms with Crippen molar-refractivity contribution >= 4 is 11.8 Å². The molecule has 17 nitrogen and oxygen atoms in total. The molecule has 17 heteroatoms. The van der Waals surface area contributed by atoms with Crippen LogP contribution in [0.3, 0.4) is 0 Å². The van der Waals surface area contributed by atoms with Gasteiger partial charge in [0.15, 0.2) is 23.4 Å². The molecule has 0 aliphatic carbocycles. The lowest BCUT2D eigenvalue weighted by Gasteiger charge is -2.41. The Morgan fingerprint density at radius 1 is 0.705 bits per heavy atom. The predicted octanol–water partition coefficient (Wildman–Crippen LogP) is -2.77. The largest absolute Gasteiger partial charge is 0.504 e. The van der Waals surface area contributed by atoms with Gasteiger partial charge >= 0.3 is 5.97 Å². The number of phenols is 3. The minimum atomic E-state index is -2.03. The molecule has 2 fully saturated rings. The van der Waals surface area contributed by atoms with Gasteiger partial charge in [0.05, 0.1) is 18.8 Å². The number of phenolic OH excluding ortho intramolecular Hbond substituents is 3. The molecule has 10 atom stereocenters. The number of rotatable bonds is 9. The number of aliphatic hydroxyl groups is 7. The molecule has 242 valence electrons. The van der Waals surface area contributed by atoms with Gasteiger partial charge in [-0.2, -0.15) is 0 Å². The van der Waals surface area contributed by atoms with Crippen molar-refractivity contribution in [2.45, 2.75) is 68.3 Å². The van der Waals surface area contributed by atoms with Gasteiger partial charge in [-0.05, 0) is 19.1 Å². The van der Waals surface area contributed by atoms with Crippen molar-refractivity contribution in [2.75, 3.05) is 13.2 Å². The molecule has 0 aromatic heterocycles. The summed E-state index contributed by atoms with van der Waals surface area (Å²) in [6.07, 6.45) is -18.4. The Morgan fingerprint density at radius 3 is 1.73 bits per heavy atom. The van der Waals surface area contributed by atoms with Crippen molar-refractivity contribution in [2.24, 2.45) is 0 Å². The number of aliphatic hydroxyl groups excluding tert-OH is 7. The van der Waals surface area contributed by atoms with E-state index in [-0.39, 0.29) is 5.56 Å². The maximum atomic E-state index is 12.8. The maximum absolute atomic E-state index is 12.8. The summed E-state index contributed by atoms with van der Waals surface area (Å²) in [6, 6.07) is 7.40. The fourth-order valence-electron chi connectivity index (χ4n) is 4.66. The van der Waals surface area contributed by atoms with Crippen molar-refractivity contribution in [3.8, 4) is 28.7 Å². The lowest BCUT2D eigenvalue weighted by atomic mass is 9.98. The molecule has 0 unspecified atom stereocenters. The molecule has 2 aromatic carbocycles. The van der Waals surface area contributed by atoms with Crippen LogP contribution in [0.5, 0.6) is 28.7 Å². The summed E-state index contributed by atoms with van der Waals surface area (Å²) in [5.41, 5.74) is -0.882. The number of hydrogen-bond acceptors (Lipinski definition) is 17. The van der Waals surface area contributed by atoms with E-state index in [1.807, 2.05) is 0 Å². The van der Waals surface area contributed by atoms with Crippen molar-refractivity contribution < 1.29 is 84.3 Å². The van der Waals surface area contributed by atoms with Crippen molar-refractivity contribution in [1.82, 2.24) is 0 Å². The van der Waals surface area contributed by atoms with Crippen LogP contribution in [0.15, 0.2) is 30.3 Å². The third-order valence-electron chi connectivity index (χ3n) is 7.08. The summed E-state index contributed by atoms with van der Waals surface area (Å²) in [5.74, 6) is -7.78. The molecule has 0 radical (unpaired) electrons. The van der Waals surface area contributed by atoms with E-state index in [2.05, 4.69) is 0 Å². The highest BCUT2D eigenvalue weighted by atomic mass is 16.7. The van der Waals surface area contributed by atoms with Gasteiger partial charge in [0.1, 0.15) is 48.3 Å². The van der Waals surface area contributed by atoms with Crippen molar-refractivity contribution in [3.63, 3.8) is 0 Å². The number of carbonyl (C=O) groups is 2. The Balaban J connectivity index is 1.74. The predicted molar refractivity (Wildman–Crippen MR) is 140 cm³/mol. The molecule has 0 spiro atoms. The first-order valence-corrected chi connectivity index (χ1v) is 13.2. The van der Waals surface area contributed by atoms with Crippen LogP contribution in [0.4, 0.5) is 0 Å². The molecule has 0 amide bonds. The van der Waals surface area contributed by atoms with Crippen LogP contribution in [-0.2, 0) is 14.2 Å². The molecule has 2 aliphatic rings. The molecule has 0 saturated carbocycles. The highest BCUT2D eigenvalue weighted by Crippen LogP contribution is 2.53. The molecule has 2 aromatic rings. The van der Waals surface area contributed by atoms with Crippen LogP contribution in [-0.4, -0.2) is 137 Å². The summed E-state index contributed by atoms with van der Waals surface area (Å²) in [5, 5.41) is 103. The van der Waals surface area contributed by atoms with Crippen LogP contribution < -0.4 is 9.47 Å². The van der Waals surface area contributed by atoms with E-state index in [1.54, 1.807) is 6.07 Å². The third kappa shape index (κ3) is 6.23. The second-order valence-electron chi connectivity index (χ2n) is 10.0. The van der Waals surface area contributed by atoms with Crippen LogP contribution in [0, 0.1) is 0 Å². The minimum absolute atomic E-state index is 0.0154. The Bertz CT molecular complexity index is 1330. The lowest BCUT2D eigenvalue weighted by molar-refractivity contribution is -0.279. The SMILES string of the molecule is CC(=O)c1c(O)c(O[C@@H]2O[C@H](CO)[C@@H](O)[C@H](O)[C@H]2O)c(O)c(O[C@@H]2O[C@H](CO)[C@@H](O)[C@H](O)[C@H]2OC(=O)c2ccccc2)c1O. The number of benzene rings is 2. The van der Waals surface area contributed by atoms with E-state index in [0.717, 1.165) is 6.92 Å². The van der Waals surface area contributed by atoms with Gasteiger partial charge in [0.2, 0.25) is 29.8 Å². The molecule has 4 rings (SSSR count). The summed E-state index contributed by atoms with van der Waals surface area (Å²) < 4.78 is 26.8. The monoisotopic (exact) mass is 628 g/mol. The molecular formula is C27H32O17. The number of ether oxygens (including phenoxy) is 5. The van der Waals surface area contributed by atoms with E-state index in [9.17, 15) is 60.7 Å². The van der Waals surface area contributed by atoms with Crippen LogP contribution in [0.25, 0.3) is 0 Å². The molecule has 2 saturated heterocycles. The number of aromatic hydroxyl groups is 3. The van der Waals surface area contributed by atoms with Crippen molar-refractivity contribution in [3.05, 3.63) is 41.5 Å². The van der Waals surface area contributed by atoms with Gasteiger partial charge in [-0.1, -0.05) is 18.2 Å². The van der Waals surface area contributed by atoms with E-state index >= 15 is 0 Å². The molecule has 44 heavy (non-hydrogen) atoms. The van der Waals surface area contributed by atoms with Gasteiger partial charge in [-0.15, -0.1) is 0 Å². The summed E-state index contributed by atoms with van der Waals surface area (Å²) >= 11 is 0. The highest BCUT2D eigenvalue weighted by Gasteiger charge is 2.50. The van der Waals surface area contributed by atoms with Gasteiger partial charge in [0, 0.05) is 0 Å². The van der Waals surface area contributed by atoms with Gasteiger partial charge in [-0.25, -0.2) is 4.79 Å². The summed E-state index contributed by atoms with van der Waals surface area (Å²) in [4.78, 5) is 25.2. The number of carbonyl (C=O) groups excluding carboxylic acids is 2. The van der Waals surface area contributed by atoms with E-state index in [1.165, 1.54) is 24.3 Å². The Labute approximate surface area is 248 Å². The second kappa shape index (κ2) is 13.5. The molecular weight excluding hydrogens is 596 g/mol. The topological polar surface area (TPSA) is 283 Å². The first-order chi connectivity index (χ1) is 20.8. The normalized spacial score (nSPS) is 32.1. The maximum Gasteiger partial charge on any atom is 0.338 e. The average Bonchev–Trinajstić information content (AvgIpc) is 3.00. The van der Waals surface area contributed by atoms with Crippen LogP contribution in [0.1, 0.15) is 27.6 Å². The molecule has 2 heterocycles. The fraction of sp³-hybridized carbons (Fsp3) is 0.481. The Morgan fingerprint density at radius 2 is 1.20 bits per heavy atom. The summed E-state index contributed by atoms with van der Waals surface area (Å²) in [7, 11) is 0. The van der Waals surface area contributed by atoms with Crippen LogP contribution in [0.2, 0.25) is 0 Å². The first-order valence-electron chi connectivity index (χ1n) is 13.2. The second-order valence-corrected chi connectivity index (χ2v) is 10.0. The summed E-state index contributed by atoms with van der Waals surface area (Å²) in [6.45, 7) is -0.834. The van der Waals surface area contributed by atoms with Gasteiger partial charge < -0.3 is 74.7 Å². The molecule has 2 aliphatic heterocycles. The highest BCUT2D eigenvalue weighted by molar-refractivity contribution is 6.02. The van der Waals surface area contributed by atoms with Gasteiger partial charge in [0.25, 0.3) is 0 Å². The lowest BCUT2D eigenvalue weighted by Crippen LogP contribution is -2.61. The molecule has 0 bridgehead atoms. The standard InChI is InChI=1S/C27H32O17/c1-9(30)13-16(33)22(43-26-20(37)18(35)14(31)11(7-28)40-26)21(38)23(17(13)34)44-27-24(19(36)15(32)12(8-29)41-27)42-25(39)10-5-3-2-4-6-10/h2-6,11-12,14-15,18-20,24,26-29,31-38H,7-8H2,1H3/t11-,12-,14-,15-,18+,19+,20-,24-,26+,27+/m1/s1.